The van der Waals surface area contributed by atoms with Gasteiger partial charge in [-0.15, -0.1) is 0 Å². The third kappa shape index (κ3) is 6.38. The summed E-state index contributed by atoms with van der Waals surface area (Å²) in [5.41, 5.74) is 2.56. The van der Waals surface area contributed by atoms with Gasteiger partial charge in [0.15, 0.2) is 0 Å². The molecule has 1 spiro atoms. The standard InChI is InChI=1S/C43H47N3O7/c1-27-15-14-16-28(2)37(27)45-24-13-7-12-21-34(48)44(4)29(3)38(31-19-10-6-11-20-31)52-42(51)35-33-22-23-43(53-33)36(35)40(49)46(39(43)41(45)50)32(26-47)25-30-17-8-5-9-18-30/h5-11,13-20,22-23,29,32-33,35-36,38-39,47H,12,21,24-26H2,1-4H3/b13-7-/t29-,32-,33+,35-,36-,38+,39+,43-/m1/s1. The topological polar surface area (TPSA) is 117 Å². The number of hydrogen-bond donors (Lipinski definition) is 1. The summed E-state index contributed by atoms with van der Waals surface area (Å²) in [4.78, 5) is 63.3. The molecule has 4 aliphatic rings. The SMILES string of the molecule is Cc1cccc(C)c1N1C/C=C\CCC(=O)N(C)[C@H](C)[C@@H](c2ccccc2)OC(=O)[C@@H]2[C@@H]3C=C[C@]4(O3)[C@H](C1=O)N([C@@H](CO)Cc1ccccc1)C(=O)[C@@H]24. The number of cyclic esters (lactones) is 1. The van der Waals surface area contributed by atoms with E-state index < -0.39 is 66.3 Å². The lowest BCUT2D eigenvalue weighted by atomic mass is 9.74. The molecule has 0 unspecified atom stereocenters. The lowest BCUT2D eigenvalue weighted by Crippen LogP contribution is -2.59. The third-order valence-electron chi connectivity index (χ3n) is 11.5. The van der Waals surface area contributed by atoms with Gasteiger partial charge in [-0.3, -0.25) is 19.2 Å². The molecule has 0 aromatic heterocycles. The predicted octanol–water partition coefficient (Wildman–Crippen LogP) is 4.87. The molecule has 4 heterocycles. The first kappa shape index (κ1) is 36.3. The quantitative estimate of drug-likeness (QED) is 0.286. The van der Waals surface area contributed by atoms with Crippen molar-refractivity contribution in [3.63, 3.8) is 0 Å². The van der Waals surface area contributed by atoms with Crippen LogP contribution in [0.1, 0.15) is 48.1 Å². The monoisotopic (exact) mass is 717 g/mol. The van der Waals surface area contributed by atoms with Crippen LogP contribution in [0.2, 0.25) is 0 Å². The number of carbonyl (C=O) groups is 4. The number of nitrogens with zero attached hydrogens (tertiary/aromatic N) is 3. The Morgan fingerprint density at radius 1 is 0.887 bits per heavy atom. The first-order chi connectivity index (χ1) is 25.6. The molecule has 3 aromatic carbocycles. The van der Waals surface area contributed by atoms with Crippen LogP contribution in [-0.2, 0) is 35.1 Å². The Kier molecular flexibility index (Phi) is 10.1. The number of amides is 3. The summed E-state index contributed by atoms with van der Waals surface area (Å²) in [7, 11) is 1.71. The minimum atomic E-state index is -1.49. The van der Waals surface area contributed by atoms with E-state index >= 15 is 9.59 Å². The molecule has 2 fully saturated rings. The lowest BCUT2D eigenvalue weighted by Gasteiger charge is -2.39. The molecule has 3 aromatic rings. The van der Waals surface area contributed by atoms with E-state index in [0.717, 1.165) is 16.7 Å². The molecule has 1 N–H and O–H groups in total. The number of rotatable bonds is 6. The van der Waals surface area contributed by atoms with Crippen LogP contribution in [0.4, 0.5) is 5.69 Å². The van der Waals surface area contributed by atoms with Gasteiger partial charge >= 0.3 is 5.97 Å². The van der Waals surface area contributed by atoms with E-state index in [4.69, 9.17) is 9.47 Å². The summed E-state index contributed by atoms with van der Waals surface area (Å²) in [6, 6.07) is 22.1. The largest absolute Gasteiger partial charge is 0.455 e. The summed E-state index contributed by atoms with van der Waals surface area (Å²) in [5, 5.41) is 11.0. The third-order valence-corrected chi connectivity index (χ3v) is 11.5. The molecule has 0 aliphatic carbocycles. The molecule has 4 aliphatic heterocycles. The lowest BCUT2D eigenvalue weighted by molar-refractivity contribution is -0.164. The number of likely N-dealkylation sites (tertiary alicyclic amines) is 1. The van der Waals surface area contributed by atoms with Crippen LogP contribution < -0.4 is 4.90 Å². The number of aliphatic hydroxyl groups excluding tert-OH is 1. The average molecular weight is 718 g/mol. The molecule has 53 heavy (non-hydrogen) atoms. The number of benzene rings is 3. The zero-order valence-electron chi connectivity index (χ0n) is 30.6. The maximum absolute atomic E-state index is 15.4. The van der Waals surface area contributed by atoms with Crippen molar-refractivity contribution in [2.24, 2.45) is 11.8 Å². The Hall–Kier alpha value is -5.06. The number of fused-ring (bicyclic) bond motifs is 2. The van der Waals surface area contributed by atoms with E-state index in [1.807, 2.05) is 112 Å². The summed E-state index contributed by atoms with van der Waals surface area (Å²) in [6.07, 6.45) is 6.61. The van der Waals surface area contributed by atoms with E-state index in [1.54, 1.807) is 29.0 Å². The molecule has 7 rings (SSSR count). The van der Waals surface area contributed by atoms with Crippen LogP contribution in [0, 0.1) is 25.7 Å². The van der Waals surface area contributed by atoms with Crippen LogP contribution in [-0.4, -0.2) is 88.6 Å². The Morgan fingerprint density at radius 3 is 2.25 bits per heavy atom. The predicted molar refractivity (Wildman–Crippen MR) is 200 cm³/mol. The normalized spacial score (nSPS) is 30.1. The number of aliphatic hydroxyl groups is 1. The van der Waals surface area contributed by atoms with Crippen molar-refractivity contribution in [1.82, 2.24) is 9.80 Å². The van der Waals surface area contributed by atoms with Gasteiger partial charge in [-0.1, -0.05) is 103 Å². The summed E-state index contributed by atoms with van der Waals surface area (Å²) < 4.78 is 13.1. The smallest absolute Gasteiger partial charge is 0.313 e. The van der Waals surface area contributed by atoms with Gasteiger partial charge in [0.05, 0.1) is 30.7 Å². The average Bonchev–Trinajstić information content (AvgIpc) is 3.81. The first-order valence-corrected chi connectivity index (χ1v) is 18.4. The fourth-order valence-electron chi connectivity index (χ4n) is 8.76. The highest BCUT2D eigenvalue weighted by molar-refractivity contribution is 6.06. The highest BCUT2D eigenvalue weighted by Crippen LogP contribution is 2.56. The zero-order valence-corrected chi connectivity index (χ0v) is 30.6. The van der Waals surface area contributed by atoms with Gasteiger partial charge in [-0.2, -0.15) is 0 Å². The van der Waals surface area contributed by atoms with Gasteiger partial charge in [-0.25, -0.2) is 0 Å². The van der Waals surface area contributed by atoms with Crippen molar-refractivity contribution in [3.05, 3.63) is 125 Å². The van der Waals surface area contributed by atoms with Crippen LogP contribution in [0.5, 0.6) is 0 Å². The molecule has 2 saturated heterocycles. The maximum Gasteiger partial charge on any atom is 0.313 e. The maximum atomic E-state index is 15.4. The van der Waals surface area contributed by atoms with Crippen molar-refractivity contribution in [2.75, 3.05) is 25.1 Å². The highest BCUT2D eigenvalue weighted by Gasteiger charge is 2.74. The van der Waals surface area contributed by atoms with Gasteiger partial charge in [-0.05, 0) is 55.9 Å². The number of esters is 1. The number of likely N-dealkylation sites (N-methyl/N-ethyl adjacent to an activating group) is 1. The zero-order chi connectivity index (χ0) is 37.4. The fraction of sp³-hybridized carbons (Fsp3) is 0.395. The minimum absolute atomic E-state index is 0.116. The number of para-hydroxylation sites is 1. The van der Waals surface area contributed by atoms with Crippen molar-refractivity contribution in [2.45, 2.75) is 76.0 Å². The van der Waals surface area contributed by atoms with Gasteiger partial charge < -0.3 is 29.3 Å². The van der Waals surface area contributed by atoms with E-state index in [1.165, 1.54) is 4.90 Å². The van der Waals surface area contributed by atoms with Crippen molar-refractivity contribution in [1.29, 1.82) is 0 Å². The molecule has 0 radical (unpaired) electrons. The molecule has 5 bridgehead atoms. The number of allylic oxidation sites excluding steroid dienone is 1. The number of ether oxygens (including phenoxy) is 2. The van der Waals surface area contributed by atoms with Crippen molar-refractivity contribution >= 4 is 29.4 Å². The number of carbonyl (C=O) groups excluding carboxylic acids is 4. The number of anilines is 1. The molecule has 10 heteroatoms. The minimum Gasteiger partial charge on any atom is -0.455 e. The van der Waals surface area contributed by atoms with Gasteiger partial charge in [0.2, 0.25) is 11.8 Å². The highest BCUT2D eigenvalue weighted by atomic mass is 16.6. The van der Waals surface area contributed by atoms with E-state index in [-0.39, 0.29) is 31.2 Å². The van der Waals surface area contributed by atoms with Crippen LogP contribution >= 0.6 is 0 Å². The first-order valence-electron chi connectivity index (χ1n) is 18.4. The number of hydrogen-bond acceptors (Lipinski definition) is 7. The van der Waals surface area contributed by atoms with Crippen LogP contribution in [0.3, 0.4) is 0 Å². The second-order valence-corrected chi connectivity index (χ2v) is 14.7. The Bertz CT molecular complexity index is 1910. The molecule has 8 atom stereocenters. The second-order valence-electron chi connectivity index (χ2n) is 14.7. The van der Waals surface area contributed by atoms with E-state index in [0.29, 0.717) is 17.7 Å². The van der Waals surface area contributed by atoms with Crippen molar-refractivity contribution < 1.29 is 33.8 Å². The van der Waals surface area contributed by atoms with Crippen LogP contribution in [0.15, 0.2) is 103 Å². The molecule has 276 valence electrons. The fourth-order valence-corrected chi connectivity index (χ4v) is 8.76. The summed E-state index contributed by atoms with van der Waals surface area (Å²) >= 11 is 0. The molecule has 10 nitrogen and oxygen atoms in total. The van der Waals surface area contributed by atoms with E-state index in [2.05, 4.69) is 0 Å². The Labute approximate surface area is 310 Å². The van der Waals surface area contributed by atoms with Gasteiger partial charge in [0.1, 0.15) is 23.7 Å². The Morgan fingerprint density at radius 2 is 1.57 bits per heavy atom. The van der Waals surface area contributed by atoms with Crippen molar-refractivity contribution in [3.8, 4) is 0 Å². The molecular formula is C43H47N3O7. The summed E-state index contributed by atoms with van der Waals surface area (Å²) in [6.45, 7) is 5.48. The van der Waals surface area contributed by atoms with Gasteiger partial charge in [0.25, 0.3) is 5.91 Å². The molecule has 3 amide bonds. The molecule has 0 saturated carbocycles. The second kappa shape index (κ2) is 14.8. The van der Waals surface area contributed by atoms with Crippen LogP contribution in [0.25, 0.3) is 0 Å². The summed E-state index contributed by atoms with van der Waals surface area (Å²) in [5.74, 6) is -3.73. The van der Waals surface area contributed by atoms with E-state index in [9.17, 15) is 14.7 Å². The number of aryl methyl sites for hydroxylation is 2. The Balaban J connectivity index is 1.38. The van der Waals surface area contributed by atoms with Gasteiger partial charge in [0, 0.05) is 25.7 Å². The molecular weight excluding hydrogens is 670 g/mol.